The Morgan fingerprint density at radius 2 is 1.88 bits per heavy atom. The van der Waals surface area contributed by atoms with Crippen molar-refractivity contribution in [3.63, 3.8) is 0 Å². The lowest BCUT2D eigenvalue weighted by molar-refractivity contribution is -0.112. The number of nitriles is 1. The second-order valence-electron chi connectivity index (χ2n) is 7.01. The summed E-state index contributed by atoms with van der Waals surface area (Å²) in [6.45, 7) is 6.84. The minimum atomic E-state index is -0.518. The first-order valence-electron chi connectivity index (χ1n) is 10.2. The molecule has 1 aromatic heterocycles. The molecule has 32 heavy (non-hydrogen) atoms. The van der Waals surface area contributed by atoms with Crippen LogP contribution in [-0.2, 0) is 11.2 Å². The summed E-state index contributed by atoms with van der Waals surface area (Å²) in [5.41, 5.74) is 2.98. The predicted octanol–water partition coefficient (Wildman–Crippen LogP) is 4.72. The Balaban J connectivity index is 1.52. The average molecular weight is 449 g/mol. The van der Waals surface area contributed by atoms with Crippen molar-refractivity contribution in [3.8, 4) is 17.6 Å². The van der Waals surface area contributed by atoms with Crippen molar-refractivity contribution < 1.29 is 14.3 Å². The van der Waals surface area contributed by atoms with Crippen LogP contribution in [0.1, 0.15) is 28.6 Å². The Kier molecular flexibility index (Phi) is 7.95. The molecule has 0 radical (unpaired) electrons. The summed E-state index contributed by atoms with van der Waals surface area (Å²) in [4.78, 5) is 12.3. The summed E-state index contributed by atoms with van der Waals surface area (Å²) in [6.07, 6.45) is 2.25. The summed E-state index contributed by atoms with van der Waals surface area (Å²) in [5, 5.41) is 21.0. The van der Waals surface area contributed by atoms with E-state index in [9.17, 15) is 10.1 Å². The van der Waals surface area contributed by atoms with Crippen molar-refractivity contribution >= 4 is 28.5 Å². The molecule has 0 bridgehead atoms. The maximum atomic E-state index is 12.3. The number of aromatic nitrogens is 2. The van der Waals surface area contributed by atoms with Gasteiger partial charge < -0.3 is 9.47 Å². The van der Waals surface area contributed by atoms with E-state index in [-0.39, 0.29) is 5.57 Å². The normalized spacial score (nSPS) is 11.0. The lowest BCUT2D eigenvalue weighted by atomic mass is 10.1. The molecule has 0 fully saturated rings. The van der Waals surface area contributed by atoms with E-state index in [1.54, 1.807) is 24.3 Å². The maximum Gasteiger partial charge on any atom is 0.268 e. The number of ether oxygens (including phenoxy) is 2. The molecule has 1 amide bonds. The molecule has 8 heteroatoms. The van der Waals surface area contributed by atoms with Crippen molar-refractivity contribution in [1.29, 1.82) is 5.26 Å². The van der Waals surface area contributed by atoms with Gasteiger partial charge in [-0.05, 0) is 55.7 Å². The second kappa shape index (κ2) is 11.1. The molecule has 1 heterocycles. The fraction of sp³-hybridized carbons (Fsp3) is 0.250. The zero-order valence-corrected chi connectivity index (χ0v) is 19.0. The number of nitrogens with zero attached hydrogens (tertiary/aromatic N) is 3. The van der Waals surface area contributed by atoms with Crippen LogP contribution in [-0.4, -0.2) is 29.3 Å². The van der Waals surface area contributed by atoms with E-state index in [2.05, 4.69) is 21.6 Å². The first-order chi connectivity index (χ1) is 15.5. The van der Waals surface area contributed by atoms with E-state index in [0.717, 1.165) is 22.7 Å². The number of carbonyl (C=O) groups excluding carboxylic acids is 1. The molecule has 0 aliphatic rings. The van der Waals surface area contributed by atoms with E-state index in [1.807, 2.05) is 39.0 Å². The topological polar surface area (TPSA) is 97.1 Å². The third-order valence-electron chi connectivity index (χ3n) is 4.49. The number of hydrogen-bond acceptors (Lipinski definition) is 7. The quantitative estimate of drug-likeness (QED) is 0.289. The fourth-order valence-corrected chi connectivity index (χ4v) is 3.53. The minimum Gasteiger partial charge on any atom is -0.490 e. The van der Waals surface area contributed by atoms with Gasteiger partial charge in [-0.15, -0.1) is 10.2 Å². The second-order valence-corrected chi connectivity index (χ2v) is 8.08. The van der Waals surface area contributed by atoms with Gasteiger partial charge in [-0.1, -0.05) is 48.1 Å². The molecule has 2 aromatic carbocycles. The number of amides is 1. The van der Waals surface area contributed by atoms with E-state index < -0.39 is 5.91 Å². The van der Waals surface area contributed by atoms with Crippen molar-refractivity contribution in [3.05, 3.63) is 69.7 Å². The Morgan fingerprint density at radius 3 is 2.53 bits per heavy atom. The number of hydrogen-bond donors (Lipinski definition) is 1. The van der Waals surface area contributed by atoms with Crippen LogP contribution in [0.2, 0.25) is 0 Å². The highest BCUT2D eigenvalue weighted by molar-refractivity contribution is 7.15. The van der Waals surface area contributed by atoms with Gasteiger partial charge in [0.05, 0.1) is 0 Å². The van der Waals surface area contributed by atoms with Crippen molar-refractivity contribution in [2.45, 2.75) is 27.2 Å². The molecule has 7 nitrogen and oxygen atoms in total. The smallest absolute Gasteiger partial charge is 0.268 e. The molecule has 0 atom stereocenters. The Hall–Kier alpha value is -3.70. The van der Waals surface area contributed by atoms with Crippen molar-refractivity contribution in [1.82, 2.24) is 10.2 Å². The lowest BCUT2D eigenvalue weighted by Crippen LogP contribution is -2.13. The van der Waals surface area contributed by atoms with Crippen LogP contribution >= 0.6 is 11.3 Å². The standard InChI is InChI=1S/C24H24N4O3S/c1-4-22-27-28-24(32-22)26-23(29)19(15-25)14-18-6-8-20(9-7-18)30-11-12-31-21-10-5-16(2)13-17(21)3/h5-10,13-14H,4,11-12H2,1-3H3,(H,26,28,29)/b19-14-. The fourth-order valence-electron chi connectivity index (χ4n) is 2.86. The third kappa shape index (κ3) is 6.40. The summed E-state index contributed by atoms with van der Waals surface area (Å²) in [6, 6.07) is 15.1. The van der Waals surface area contributed by atoms with Gasteiger partial charge in [-0.25, -0.2) is 0 Å². The van der Waals surface area contributed by atoms with Crippen LogP contribution in [0, 0.1) is 25.2 Å². The minimum absolute atomic E-state index is 0.0196. The largest absolute Gasteiger partial charge is 0.490 e. The molecular weight excluding hydrogens is 424 g/mol. The lowest BCUT2D eigenvalue weighted by Gasteiger charge is -2.11. The van der Waals surface area contributed by atoms with E-state index in [0.29, 0.717) is 29.7 Å². The van der Waals surface area contributed by atoms with Crippen LogP contribution in [0.4, 0.5) is 5.13 Å². The van der Waals surface area contributed by atoms with Gasteiger partial charge in [-0.2, -0.15) is 5.26 Å². The highest BCUT2D eigenvalue weighted by atomic mass is 32.1. The zero-order chi connectivity index (χ0) is 22.9. The molecule has 164 valence electrons. The Labute approximate surface area is 191 Å². The third-order valence-corrected chi connectivity index (χ3v) is 5.47. The molecule has 3 aromatic rings. The molecule has 0 spiro atoms. The predicted molar refractivity (Wildman–Crippen MR) is 125 cm³/mol. The van der Waals surface area contributed by atoms with Crippen molar-refractivity contribution in [2.75, 3.05) is 18.5 Å². The van der Waals surface area contributed by atoms with Gasteiger partial charge in [0, 0.05) is 0 Å². The Bertz CT molecular complexity index is 1150. The SMILES string of the molecule is CCc1nnc(NC(=O)/C(C#N)=C\c2ccc(OCCOc3ccc(C)cc3C)cc2)s1. The first kappa shape index (κ1) is 23.0. The summed E-state index contributed by atoms with van der Waals surface area (Å²) in [7, 11) is 0. The zero-order valence-electron chi connectivity index (χ0n) is 18.2. The molecule has 3 rings (SSSR count). The van der Waals surface area contributed by atoms with Gasteiger partial charge in [0.2, 0.25) is 5.13 Å². The van der Waals surface area contributed by atoms with Crippen LogP contribution in [0.25, 0.3) is 6.08 Å². The van der Waals surface area contributed by atoms with Gasteiger partial charge >= 0.3 is 0 Å². The average Bonchev–Trinajstić information content (AvgIpc) is 3.24. The summed E-state index contributed by atoms with van der Waals surface area (Å²) >= 11 is 1.29. The van der Waals surface area contributed by atoms with Gasteiger partial charge in [0.1, 0.15) is 41.4 Å². The van der Waals surface area contributed by atoms with Crippen molar-refractivity contribution in [2.24, 2.45) is 0 Å². The van der Waals surface area contributed by atoms with Gasteiger partial charge in [0.25, 0.3) is 5.91 Å². The number of carbonyl (C=O) groups is 1. The highest BCUT2D eigenvalue weighted by Gasteiger charge is 2.12. The molecule has 0 aliphatic carbocycles. The molecule has 0 unspecified atom stereocenters. The number of anilines is 1. The van der Waals surface area contributed by atoms with Crippen LogP contribution in [0.15, 0.2) is 48.0 Å². The molecule has 0 aliphatic heterocycles. The van der Waals surface area contributed by atoms with E-state index >= 15 is 0 Å². The number of aryl methyl sites for hydroxylation is 3. The number of nitrogens with one attached hydrogen (secondary N) is 1. The monoisotopic (exact) mass is 448 g/mol. The van der Waals surface area contributed by atoms with Crippen LogP contribution in [0.3, 0.4) is 0 Å². The summed E-state index contributed by atoms with van der Waals surface area (Å²) in [5.74, 6) is 1.01. The first-order valence-corrected chi connectivity index (χ1v) is 11.0. The van der Waals surface area contributed by atoms with Crippen LogP contribution in [0.5, 0.6) is 11.5 Å². The Morgan fingerprint density at radius 1 is 1.12 bits per heavy atom. The molecular formula is C24H24N4O3S. The highest BCUT2D eigenvalue weighted by Crippen LogP contribution is 2.20. The van der Waals surface area contributed by atoms with E-state index in [4.69, 9.17) is 9.47 Å². The molecule has 1 N–H and O–H groups in total. The van der Waals surface area contributed by atoms with Gasteiger partial charge in [0.15, 0.2) is 0 Å². The maximum absolute atomic E-state index is 12.3. The van der Waals surface area contributed by atoms with Gasteiger partial charge in [-0.3, -0.25) is 10.1 Å². The summed E-state index contributed by atoms with van der Waals surface area (Å²) < 4.78 is 11.5. The number of benzene rings is 2. The van der Waals surface area contributed by atoms with Crippen LogP contribution < -0.4 is 14.8 Å². The number of rotatable bonds is 9. The van der Waals surface area contributed by atoms with E-state index in [1.165, 1.54) is 23.0 Å². The molecule has 0 saturated heterocycles. The molecule has 0 saturated carbocycles.